The summed E-state index contributed by atoms with van der Waals surface area (Å²) in [7, 11) is 0.193. The summed E-state index contributed by atoms with van der Waals surface area (Å²) in [4.78, 5) is 0. The van der Waals surface area contributed by atoms with Crippen molar-refractivity contribution in [2.24, 2.45) is 0 Å². The molecule has 0 aliphatic heterocycles. The smallest absolute Gasteiger partial charge is 0.0175 e. The monoisotopic (exact) mass is 238 g/mol. The van der Waals surface area contributed by atoms with Gasteiger partial charge in [0, 0.05) is 0 Å². The van der Waals surface area contributed by atoms with E-state index in [-0.39, 0.29) is 7.92 Å². The van der Waals surface area contributed by atoms with E-state index in [2.05, 4.69) is 24.9 Å². The second-order valence-corrected chi connectivity index (χ2v) is 7.05. The Kier molecular flexibility index (Phi) is 7.05. The molecule has 16 heavy (non-hydrogen) atoms. The predicted molar refractivity (Wildman–Crippen MR) is 77.5 cm³/mol. The van der Waals surface area contributed by atoms with Gasteiger partial charge in [-0.15, -0.1) is 0 Å². The first-order chi connectivity index (χ1) is 7.88. The van der Waals surface area contributed by atoms with E-state index in [1.807, 2.05) is 13.8 Å². The summed E-state index contributed by atoms with van der Waals surface area (Å²) in [5, 5.41) is 1.77. The summed E-state index contributed by atoms with van der Waals surface area (Å²) >= 11 is 0. The van der Waals surface area contributed by atoms with Gasteiger partial charge >= 0.3 is 0 Å². The summed E-state index contributed by atoms with van der Waals surface area (Å²) in [6.07, 6.45) is 17.0. The van der Waals surface area contributed by atoms with Crippen LogP contribution in [0.25, 0.3) is 0 Å². The van der Waals surface area contributed by atoms with Gasteiger partial charge in [0.15, 0.2) is 0 Å². The van der Waals surface area contributed by atoms with Crippen LogP contribution >= 0.6 is 7.92 Å². The van der Waals surface area contributed by atoms with Gasteiger partial charge in [-0.3, -0.25) is 0 Å². The Morgan fingerprint density at radius 3 is 2.38 bits per heavy atom. The lowest BCUT2D eigenvalue weighted by Gasteiger charge is -2.30. The zero-order chi connectivity index (χ0) is 11.8. The molecule has 1 atom stereocenters. The molecule has 0 nitrogen and oxygen atoms in total. The molecule has 0 radical (unpaired) electrons. The first-order valence-corrected chi connectivity index (χ1v) is 8.82. The highest BCUT2D eigenvalue weighted by atomic mass is 31.1. The molecule has 1 saturated carbocycles. The molecule has 0 N–H and O–H groups in total. The average molecular weight is 238 g/mol. The lowest BCUT2D eigenvalue weighted by Crippen LogP contribution is -2.11. The second-order valence-electron chi connectivity index (χ2n) is 4.53. The second kappa shape index (κ2) is 8.07. The van der Waals surface area contributed by atoms with E-state index in [1.165, 1.54) is 44.9 Å². The van der Waals surface area contributed by atoms with Crippen molar-refractivity contribution in [2.75, 3.05) is 6.66 Å². The van der Waals surface area contributed by atoms with E-state index in [1.54, 1.807) is 5.31 Å². The van der Waals surface area contributed by atoms with Crippen LogP contribution in [0, 0.1) is 0 Å². The Bertz CT molecular complexity index is 234. The minimum atomic E-state index is 0.193. The maximum Gasteiger partial charge on any atom is -0.0175 e. The van der Waals surface area contributed by atoms with Crippen LogP contribution in [0.2, 0.25) is 0 Å². The zero-order valence-corrected chi connectivity index (χ0v) is 12.1. The van der Waals surface area contributed by atoms with Crippen molar-refractivity contribution in [3.05, 3.63) is 23.5 Å². The van der Waals surface area contributed by atoms with Crippen molar-refractivity contribution >= 4 is 7.92 Å². The molecule has 2 rings (SSSR count). The third-order valence-corrected chi connectivity index (χ3v) is 6.46. The largest absolute Gasteiger partial charge is 0.0842 e. The van der Waals surface area contributed by atoms with Crippen LogP contribution in [-0.4, -0.2) is 12.3 Å². The van der Waals surface area contributed by atoms with E-state index in [0.29, 0.717) is 0 Å². The number of hydrogen-bond donors (Lipinski definition) is 0. The maximum absolute atomic E-state index is 2.51. The quantitative estimate of drug-likeness (QED) is 0.542. The Morgan fingerprint density at radius 1 is 1.12 bits per heavy atom. The van der Waals surface area contributed by atoms with Crippen molar-refractivity contribution < 1.29 is 0 Å². The summed E-state index contributed by atoms with van der Waals surface area (Å²) in [5.41, 5.74) is 1.05. The van der Waals surface area contributed by atoms with Gasteiger partial charge in [-0.1, -0.05) is 59.3 Å². The third kappa shape index (κ3) is 4.06. The molecule has 0 saturated heterocycles. The molecular formula is C15H27P. The van der Waals surface area contributed by atoms with Crippen molar-refractivity contribution in [3.63, 3.8) is 0 Å². The van der Waals surface area contributed by atoms with Crippen molar-refractivity contribution in [2.45, 2.75) is 64.5 Å². The minimum Gasteiger partial charge on any atom is -0.0842 e. The van der Waals surface area contributed by atoms with Gasteiger partial charge in [0.1, 0.15) is 0 Å². The molecule has 0 bridgehead atoms. The molecule has 1 fully saturated rings. The summed E-state index contributed by atoms with van der Waals surface area (Å²) in [5.74, 6) is 0. The molecule has 1 heteroatoms. The van der Waals surface area contributed by atoms with Crippen molar-refractivity contribution in [1.29, 1.82) is 0 Å². The number of hydrogen-bond acceptors (Lipinski definition) is 0. The van der Waals surface area contributed by atoms with Gasteiger partial charge in [-0.2, -0.15) is 0 Å². The molecule has 92 valence electrons. The normalized spacial score (nSPS) is 23.1. The molecule has 0 aromatic rings. The fourth-order valence-electron chi connectivity index (χ4n) is 2.59. The lowest BCUT2D eigenvalue weighted by atomic mass is 10.0. The fraction of sp³-hybridized carbons (Fsp3) is 0.733. The molecule has 2 aliphatic rings. The lowest BCUT2D eigenvalue weighted by molar-refractivity contribution is 0.511. The minimum absolute atomic E-state index is 0.193. The van der Waals surface area contributed by atoms with Crippen LogP contribution < -0.4 is 0 Å². The van der Waals surface area contributed by atoms with Crippen LogP contribution in [0.3, 0.4) is 0 Å². The molecule has 0 spiro atoms. The van der Waals surface area contributed by atoms with Gasteiger partial charge in [0.25, 0.3) is 0 Å². The standard InChI is InChI=1S/C13H21P.C2H6/c1-14(12-8-4-2-5-9-12)13-10-6-3-7-11-13;1-2/h2,4,8,13H,3,5-7,9-11H2,1H3;1-2H3. The topological polar surface area (TPSA) is 0 Å². The van der Waals surface area contributed by atoms with Gasteiger partial charge < -0.3 is 0 Å². The predicted octanol–water partition coefficient (Wildman–Crippen LogP) is 5.69. The molecule has 0 amide bonds. The van der Waals surface area contributed by atoms with E-state index >= 15 is 0 Å². The number of allylic oxidation sites excluding steroid dienone is 4. The first kappa shape index (κ1) is 14.0. The Hall–Kier alpha value is -0.0900. The van der Waals surface area contributed by atoms with E-state index in [0.717, 1.165) is 5.66 Å². The molecule has 2 aliphatic carbocycles. The fourth-order valence-corrected chi connectivity index (χ4v) is 5.00. The van der Waals surface area contributed by atoms with Gasteiger partial charge in [-0.25, -0.2) is 0 Å². The first-order valence-electron chi connectivity index (χ1n) is 6.96. The SMILES string of the molecule is CC.CP(C1=CC=CCC1)C1CCCCC1. The van der Waals surface area contributed by atoms with E-state index in [4.69, 9.17) is 0 Å². The van der Waals surface area contributed by atoms with Crippen LogP contribution in [0.15, 0.2) is 23.5 Å². The van der Waals surface area contributed by atoms with Gasteiger partial charge in [0.05, 0.1) is 0 Å². The molecule has 0 heterocycles. The summed E-state index contributed by atoms with van der Waals surface area (Å²) in [6.45, 7) is 6.51. The maximum atomic E-state index is 2.51. The number of rotatable bonds is 2. The van der Waals surface area contributed by atoms with Crippen LogP contribution in [0.4, 0.5) is 0 Å². The summed E-state index contributed by atoms with van der Waals surface area (Å²) in [6, 6.07) is 0. The van der Waals surface area contributed by atoms with Crippen molar-refractivity contribution in [3.8, 4) is 0 Å². The third-order valence-electron chi connectivity index (χ3n) is 3.57. The van der Waals surface area contributed by atoms with Crippen LogP contribution in [0.5, 0.6) is 0 Å². The Balaban J connectivity index is 0.000000606. The highest BCUT2D eigenvalue weighted by Crippen LogP contribution is 2.53. The summed E-state index contributed by atoms with van der Waals surface area (Å²) < 4.78 is 0. The molecule has 0 aromatic heterocycles. The van der Waals surface area contributed by atoms with E-state index in [9.17, 15) is 0 Å². The van der Waals surface area contributed by atoms with Gasteiger partial charge in [0.2, 0.25) is 0 Å². The Morgan fingerprint density at radius 2 is 1.81 bits per heavy atom. The van der Waals surface area contributed by atoms with Crippen molar-refractivity contribution in [1.82, 2.24) is 0 Å². The molecular weight excluding hydrogens is 211 g/mol. The molecule has 1 unspecified atom stereocenters. The Labute approximate surface area is 103 Å². The van der Waals surface area contributed by atoms with E-state index < -0.39 is 0 Å². The van der Waals surface area contributed by atoms with Crippen LogP contribution in [0.1, 0.15) is 58.8 Å². The highest BCUT2D eigenvalue weighted by molar-refractivity contribution is 7.62. The zero-order valence-electron chi connectivity index (χ0n) is 11.2. The average Bonchev–Trinajstić information content (AvgIpc) is 2.42. The van der Waals surface area contributed by atoms with Gasteiger partial charge in [-0.05, 0) is 43.3 Å². The highest BCUT2D eigenvalue weighted by Gasteiger charge is 2.22. The van der Waals surface area contributed by atoms with Crippen LogP contribution in [-0.2, 0) is 0 Å². The molecule has 0 aromatic carbocycles.